The smallest absolute Gasteiger partial charge is 0.414 e. The van der Waals surface area contributed by atoms with Crippen molar-refractivity contribution in [1.29, 1.82) is 0 Å². The standard InChI is InChI=1S/C20H28F3N3O6Si/c1-19(2,3)33(4,5)31-11-14-13(27)9-15(32-14)26-10-12(16(28)25-18(26)30)7-6-8-24-17(29)20(21,22)23/h10,13-15,27H,8-9,11H2,1-5H3,(H,24,29)(H,25,28,30)/t13?,14-,15-/m1/s1. The van der Waals surface area contributed by atoms with Gasteiger partial charge in [0.15, 0.2) is 8.32 Å². The molecule has 13 heteroatoms. The SMILES string of the molecule is CC(C)(C)[Si](C)(C)OC[C@H]1O[C@@H](n2cc(C#CCNC(=O)C(F)(F)F)c(=O)[nH]c2=O)CC1O. The van der Waals surface area contributed by atoms with Crippen LogP contribution in [0.25, 0.3) is 0 Å². The van der Waals surface area contributed by atoms with Gasteiger partial charge in [0.25, 0.3) is 5.56 Å². The van der Waals surface area contributed by atoms with Crippen molar-refractivity contribution >= 4 is 14.2 Å². The lowest BCUT2D eigenvalue weighted by Gasteiger charge is -2.37. The van der Waals surface area contributed by atoms with Crippen molar-refractivity contribution in [3.8, 4) is 11.8 Å². The summed E-state index contributed by atoms with van der Waals surface area (Å²) in [5.41, 5.74) is -1.85. The van der Waals surface area contributed by atoms with Gasteiger partial charge in [0.2, 0.25) is 0 Å². The zero-order valence-corrected chi connectivity index (χ0v) is 20.0. The number of H-pyrrole nitrogens is 1. The van der Waals surface area contributed by atoms with E-state index in [-0.39, 0.29) is 23.6 Å². The first-order valence-electron chi connectivity index (χ1n) is 10.2. The molecule has 3 atom stereocenters. The Labute approximate surface area is 189 Å². The van der Waals surface area contributed by atoms with Gasteiger partial charge in [0, 0.05) is 12.6 Å². The van der Waals surface area contributed by atoms with Crippen molar-refractivity contribution in [3.05, 3.63) is 32.6 Å². The number of carbonyl (C=O) groups excluding carboxylic acids is 1. The van der Waals surface area contributed by atoms with Crippen molar-refractivity contribution in [2.75, 3.05) is 13.2 Å². The number of nitrogens with one attached hydrogen (secondary N) is 2. The molecule has 0 aromatic carbocycles. The fraction of sp³-hybridized carbons (Fsp3) is 0.650. The molecule has 1 aliphatic heterocycles. The maximum Gasteiger partial charge on any atom is 0.471 e. The largest absolute Gasteiger partial charge is 0.471 e. The maximum absolute atomic E-state index is 12.3. The second-order valence-electron chi connectivity index (χ2n) is 9.20. The summed E-state index contributed by atoms with van der Waals surface area (Å²) in [6.07, 6.45) is -6.37. The molecule has 0 bridgehead atoms. The quantitative estimate of drug-likeness (QED) is 0.421. The van der Waals surface area contributed by atoms with Crippen molar-refractivity contribution in [3.63, 3.8) is 0 Å². The third-order valence-corrected chi connectivity index (χ3v) is 10.2. The zero-order valence-electron chi connectivity index (χ0n) is 19.0. The molecule has 1 unspecified atom stereocenters. The van der Waals surface area contributed by atoms with Gasteiger partial charge in [-0.05, 0) is 18.1 Å². The molecule has 1 amide bonds. The van der Waals surface area contributed by atoms with Crippen LogP contribution in [0, 0.1) is 11.8 Å². The van der Waals surface area contributed by atoms with Crippen LogP contribution in [0.3, 0.4) is 0 Å². The molecular weight excluding hydrogens is 463 g/mol. The van der Waals surface area contributed by atoms with Crippen LogP contribution < -0.4 is 16.6 Å². The molecular formula is C20H28F3N3O6Si. The number of carbonyl (C=O) groups is 1. The molecule has 1 aromatic heterocycles. The van der Waals surface area contributed by atoms with Crippen LogP contribution in [0.1, 0.15) is 39.0 Å². The van der Waals surface area contributed by atoms with Crippen LogP contribution in [0.4, 0.5) is 13.2 Å². The summed E-state index contributed by atoms with van der Waals surface area (Å²) in [6.45, 7) is 9.82. The van der Waals surface area contributed by atoms with Crippen molar-refractivity contribution in [1.82, 2.24) is 14.9 Å². The topological polar surface area (TPSA) is 123 Å². The third kappa shape index (κ3) is 6.79. The highest BCUT2D eigenvalue weighted by atomic mass is 28.4. The first-order chi connectivity index (χ1) is 15.0. The lowest BCUT2D eigenvalue weighted by atomic mass is 10.2. The molecule has 1 aromatic rings. The van der Waals surface area contributed by atoms with Crippen LogP contribution in [0.5, 0.6) is 0 Å². The van der Waals surface area contributed by atoms with E-state index in [2.05, 4.69) is 50.7 Å². The molecule has 33 heavy (non-hydrogen) atoms. The van der Waals surface area contributed by atoms with Crippen LogP contribution in [-0.4, -0.2) is 60.4 Å². The maximum atomic E-state index is 12.3. The molecule has 2 rings (SSSR count). The first-order valence-corrected chi connectivity index (χ1v) is 13.1. The number of aliphatic hydroxyl groups excluding tert-OH is 1. The van der Waals surface area contributed by atoms with Crippen LogP contribution in [-0.2, 0) is 14.0 Å². The number of aliphatic hydroxyl groups is 1. The molecule has 0 spiro atoms. The van der Waals surface area contributed by atoms with Crippen LogP contribution in [0.15, 0.2) is 15.8 Å². The highest BCUT2D eigenvalue weighted by Crippen LogP contribution is 2.37. The van der Waals surface area contributed by atoms with Gasteiger partial charge in [0.05, 0.1) is 19.3 Å². The lowest BCUT2D eigenvalue weighted by Crippen LogP contribution is -2.44. The Morgan fingerprint density at radius 3 is 2.58 bits per heavy atom. The molecule has 3 N–H and O–H groups in total. The Balaban J connectivity index is 2.12. The number of ether oxygens (including phenoxy) is 1. The fourth-order valence-corrected chi connectivity index (χ4v) is 3.71. The number of nitrogens with zero attached hydrogens (tertiary/aromatic N) is 1. The number of hydrogen-bond donors (Lipinski definition) is 3. The number of aromatic amines is 1. The molecule has 0 saturated carbocycles. The van der Waals surface area contributed by atoms with E-state index in [4.69, 9.17) is 9.16 Å². The summed E-state index contributed by atoms with van der Waals surface area (Å²) in [4.78, 5) is 37.1. The fourth-order valence-electron chi connectivity index (χ4n) is 2.70. The van der Waals surface area contributed by atoms with E-state index in [0.717, 1.165) is 10.8 Å². The first kappa shape index (κ1) is 26.8. The molecule has 1 aliphatic rings. The Kier molecular flexibility index (Phi) is 8.00. The summed E-state index contributed by atoms with van der Waals surface area (Å²) >= 11 is 0. The minimum Gasteiger partial charge on any atom is -0.414 e. The average molecular weight is 492 g/mol. The van der Waals surface area contributed by atoms with E-state index in [1.54, 1.807) is 5.32 Å². The number of halogens is 3. The van der Waals surface area contributed by atoms with Gasteiger partial charge < -0.3 is 19.6 Å². The van der Waals surface area contributed by atoms with E-state index < -0.39 is 56.6 Å². The monoisotopic (exact) mass is 491 g/mol. The predicted octanol–water partition coefficient (Wildman–Crippen LogP) is 1.24. The number of amides is 1. The number of hydrogen-bond acceptors (Lipinski definition) is 6. The number of alkyl halides is 3. The minimum atomic E-state index is -5.04. The van der Waals surface area contributed by atoms with Crippen molar-refractivity contribution in [2.24, 2.45) is 0 Å². The molecule has 2 heterocycles. The molecule has 1 saturated heterocycles. The normalized spacial score (nSPS) is 21.4. The second kappa shape index (κ2) is 9.84. The van der Waals surface area contributed by atoms with Crippen LogP contribution >= 0.6 is 0 Å². The van der Waals surface area contributed by atoms with E-state index in [1.165, 1.54) is 0 Å². The highest BCUT2D eigenvalue weighted by Gasteiger charge is 2.41. The summed E-state index contributed by atoms with van der Waals surface area (Å²) in [6, 6.07) is 0. The van der Waals surface area contributed by atoms with E-state index >= 15 is 0 Å². The van der Waals surface area contributed by atoms with Gasteiger partial charge in [-0.25, -0.2) is 4.79 Å². The zero-order chi connectivity index (χ0) is 25.2. The van der Waals surface area contributed by atoms with E-state index in [0.29, 0.717) is 0 Å². The van der Waals surface area contributed by atoms with Gasteiger partial charge in [-0.3, -0.25) is 19.1 Å². The van der Waals surface area contributed by atoms with E-state index in [1.807, 2.05) is 0 Å². The number of aromatic nitrogens is 2. The molecule has 9 nitrogen and oxygen atoms in total. The summed E-state index contributed by atoms with van der Waals surface area (Å²) < 4.78 is 49.5. The lowest BCUT2D eigenvalue weighted by molar-refractivity contribution is -0.173. The summed E-state index contributed by atoms with van der Waals surface area (Å²) in [5.74, 6) is 2.39. The second-order valence-corrected chi connectivity index (χ2v) is 14.0. The van der Waals surface area contributed by atoms with Crippen LogP contribution in [0.2, 0.25) is 18.1 Å². The molecule has 0 radical (unpaired) electrons. The van der Waals surface area contributed by atoms with Gasteiger partial charge in [-0.2, -0.15) is 13.2 Å². The van der Waals surface area contributed by atoms with Gasteiger partial charge >= 0.3 is 17.8 Å². The Hall–Kier alpha value is -2.40. The van der Waals surface area contributed by atoms with Crippen molar-refractivity contribution in [2.45, 2.75) is 69.9 Å². The summed E-state index contributed by atoms with van der Waals surface area (Å²) in [5, 5.41) is 11.9. The summed E-state index contributed by atoms with van der Waals surface area (Å²) in [7, 11) is -2.10. The van der Waals surface area contributed by atoms with Crippen molar-refractivity contribution < 1.29 is 32.2 Å². The van der Waals surface area contributed by atoms with Gasteiger partial charge in [-0.15, -0.1) is 0 Å². The van der Waals surface area contributed by atoms with Gasteiger partial charge in [0.1, 0.15) is 17.9 Å². The third-order valence-electron chi connectivity index (χ3n) is 5.71. The average Bonchev–Trinajstić information content (AvgIpc) is 3.03. The predicted molar refractivity (Wildman–Crippen MR) is 115 cm³/mol. The highest BCUT2D eigenvalue weighted by molar-refractivity contribution is 6.74. The Morgan fingerprint density at radius 1 is 1.36 bits per heavy atom. The van der Waals surface area contributed by atoms with Gasteiger partial charge in [-0.1, -0.05) is 32.6 Å². The Morgan fingerprint density at radius 2 is 2.00 bits per heavy atom. The minimum absolute atomic E-state index is 0.0427. The molecule has 184 valence electrons. The van der Waals surface area contributed by atoms with E-state index in [9.17, 15) is 32.7 Å². The number of rotatable bonds is 5. The molecule has 0 aliphatic carbocycles. The Bertz CT molecular complexity index is 1050. The molecule has 1 fully saturated rings.